The van der Waals surface area contributed by atoms with Crippen LogP contribution in [0, 0.1) is 10.1 Å². The first-order valence-corrected chi connectivity index (χ1v) is 4.59. The van der Waals surface area contributed by atoms with Crippen molar-refractivity contribution in [3.05, 3.63) is 39.9 Å². The monoisotopic (exact) mass is 255 g/mol. The summed E-state index contributed by atoms with van der Waals surface area (Å²) < 4.78 is 25.2. The molecule has 0 radical (unpaired) electrons. The van der Waals surface area contributed by atoms with Crippen molar-refractivity contribution in [1.82, 2.24) is 0 Å². The third-order valence-corrected chi connectivity index (χ3v) is 2.52. The Bertz CT molecular complexity index is 381. The van der Waals surface area contributed by atoms with E-state index in [0.717, 1.165) is 6.07 Å². The van der Waals surface area contributed by atoms with Crippen LogP contribution in [-0.2, 0) is 0 Å². The fourth-order valence-electron chi connectivity index (χ4n) is 0.985. The topological polar surface area (TPSA) is 43.1 Å². The van der Waals surface area contributed by atoms with E-state index >= 15 is 0 Å². The van der Waals surface area contributed by atoms with E-state index in [4.69, 9.17) is 23.2 Å². The molecule has 0 aliphatic carbocycles. The van der Waals surface area contributed by atoms with Crippen LogP contribution in [0.4, 0.5) is 14.5 Å². The van der Waals surface area contributed by atoms with Crippen LogP contribution in [0.2, 0.25) is 0 Å². The molecule has 0 saturated carbocycles. The zero-order valence-corrected chi connectivity index (χ0v) is 8.67. The van der Waals surface area contributed by atoms with Crippen LogP contribution in [-0.4, -0.2) is 10.3 Å². The lowest BCUT2D eigenvalue weighted by Crippen LogP contribution is -2.14. The van der Waals surface area contributed by atoms with Gasteiger partial charge in [0.15, 0.2) is 0 Å². The highest BCUT2D eigenvalue weighted by atomic mass is 35.5. The molecule has 0 N–H and O–H groups in total. The van der Waals surface area contributed by atoms with Crippen molar-refractivity contribution in [2.24, 2.45) is 0 Å². The molecule has 0 fully saturated rings. The second-order valence-corrected chi connectivity index (χ2v) is 3.70. The molecule has 3 nitrogen and oxygen atoms in total. The van der Waals surface area contributed by atoms with Crippen LogP contribution in [0.15, 0.2) is 24.3 Å². The summed E-state index contributed by atoms with van der Waals surface area (Å²) in [5, 5.41) is 4.93. The summed E-state index contributed by atoms with van der Waals surface area (Å²) in [6.45, 7) is 0. The summed E-state index contributed by atoms with van der Waals surface area (Å²) in [5.41, 5.74) is -0.398. The number of non-ortho nitro benzene ring substituents is 1. The van der Waals surface area contributed by atoms with Gasteiger partial charge in [0.1, 0.15) is 5.38 Å². The Balaban J connectivity index is 3.06. The van der Waals surface area contributed by atoms with Crippen LogP contribution < -0.4 is 0 Å². The Hall–Kier alpha value is -0.940. The quantitative estimate of drug-likeness (QED) is 0.470. The molecule has 0 aliphatic heterocycles. The number of hydrogen-bond donors (Lipinski definition) is 0. The third kappa shape index (κ3) is 3.00. The molecule has 0 saturated heterocycles. The number of alkyl halides is 4. The Morgan fingerprint density at radius 3 is 2.53 bits per heavy atom. The summed E-state index contributed by atoms with van der Waals surface area (Å²) in [6.07, 6.45) is 0. The number of nitro groups is 1. The molecular formula is C8H5Cl2F2NO2. The van der Waals surface area contributed by atoms with Gasteiger partial charge >= 0.3 is 5.38 Å². The molecule has 1 atom stereocenters. The van der Waals surface area contributed by atoms with Crippen molar-refractivity contribution < 1.29 is 13.7 Å². The van der Waals surface area contributed by atoms with Crippen LogP contribution in [0.1, 0.15) is 10.9 Å². The van der Waals surface area contributed by atoms with Gasteiger partial charge in [-0.05, 0) is 17.2 Å². The van der Waals surface area contributed by atoms with Gasteiger partial charge in [0.2, 0.25) is 0 Å². The number of nitro benzene ring substituents is 1. The molecular weight excluding hydrogens is 251 g/mol. The largest absolute Gasteiger partial charge is 0.341 e. The maximum Gasteiger partial charge on any atom is 0.341 e. The van der Waals surface area contributed by atoms with Crippen molar-refractivity contribution in [2.75, 3.05) is 0 Å². The first-order valence-electron chi connectivity index (χ1n) is 3.77. The SMILES string of the molecule is O=[N+]([O-])c1cccc(C(Cl)C(F)(F)Cl)c1. The molecule has 1 rings (SSSR count). The van der Waals surface area contributed by atoms with Crippen LogP contribution in [0.5, 0.6) is 0 Å². The van der Waals surface area contributed by atoms with E-state index in [1.165, 1.54) is 18.2 Å². The van der Waals surface area contributed by atoms with Crippen LogP contribution in [0.25, 0.3) is 0 Å². The summed E-state index contributed by atoms with van der Waals surface area (Å²) >= 11 is 10.1. The van der Waals surface area contributed by atoms with Crippen molar-refractivity contribution in [3.8, 4) is 0 Å². The van der Waals surface area contributed by atoms with E-state index in [0.29, 0.717) is 0 Å². The fraction of sp³-hybridized carbons (Fsp3) is 0.250. The summed E-state index contributed by atoms with van der Waals surface area (Å²) in [6, 6.07) is 4.67. The van der Waals surface area contributed by atoms with Crippen molar-refractivity contribution in [2.45, 2.75) is 10.8 Å². The Morgan fingerprint density at radius 1 is 1.47 bits per heavy atom. The first kappa shape index (κ1) is 12.1. The highest BCUT2D eigenvalue weighted by Gasteiger charge is 2.37. The standard InChI is InChI=1S/C8H5Cl2F2NO2/c9-7(8(10,11)12)5-2-1-3-6(4-5)13(14)15/h1-4,7H. The highest BCUT2D eigenvalue weighted by molar-refractivity contribution is 6.30. The van der Waals surface area contributed by atoms with Crippen molar-refractivity contribution in [3.63, 3.8) is 0 Å². The highest BCUT2D eigenvalue weighted by Crippen LogP contribution is 2.40. The lowest BCUT2D eigenvalue weighted by atomic mass is 10.1. The van der Waals surface area contributed by atoms with E-state index < -0.39 is 15.7 Å². The second kappa shape index (κ2) is 4.28. The minimum atomic E-state index is -3.64. The zero-order chi connectivity index (χ0) is 11.6. The molecule has 7 heteroatoms. The maximum absolute atomic E-state index is 12.6. The van der Waals surface area contributed by atoms with Gasteiger partial charge in [-0.15, -0.1) is 11.6 Å². The normalized spacial score (nSPS) is 13.6. The van der Waals surface area contributed by atoms with Gasteiger partial charge in [-0.3, -0.25) is 10.1 Å². The van der Waals surface area contributed by atoms with Crippen LogP contribution in [0.3, 0.4) is 0 Å². The number of halogens is 4. The number of benzene rings is 1. The lowest BCUT2D eigenvalue weighted by Gasteiger charge is -2.14. The molecule has 15 heavy (non-hydrogen) atoms. The third-order valence-electron chi connectivity index (χ3n) is 1.66. The van der Waals surface area contributed by atoms with Crippen LogP contribution >= 0.6 is 23.2 Å². The fourth-order valence-corrected chi connectivity index (χ4v) is 1.25. The lowest BCUT2D eigenvalue weighted by molar-refractivity contribution is -0.384. The second-order valence-electron chi connectivity index (χ2n) is 2.76. The summed E-state index contributed by atoms with van der Waals surface area (Å²) in [4.78, 5) is 9.67. The number of nitrogens with zero attached hydrogens (tertiary/aromatic N) is 1. The van der Waals surface area contributed by atoms with Gasteiger partial charge in [0.25, 0.3) is 5.69 Å². The van der Waals surface area contributed by atoms with E-state index in [2.05, 4.69) is 0 Å². The van der Waals surface area contributed by atoms with E-state index in [-0.39, 0.29) is 11.3 Å². The zero-order valence-electron chi connectivity index (χ0n) is 7.16. The van der Waals surface area contributed by atoms with E-state index in [9.17, 15) is 18.9 Å². The maximum atomic E-state index is 12.6. The predicted octanol–water partition coefficient (Wildman–Crippen LogP) is 3.71. The molecule has 0 amide bonds. The number of rotatable bonds is 3. The van der Waals surface area contributed by atoms with Crippen molar-refractivity contribution in [1.29, 1.82) is 0 Å². The Kier molecular flexibility index (Phi) is 3.46. The predicted molar refractivity (Wildman–Crippen MR) is 52.5 cm³/mol. The van der Waals surface area contributed by atoms with Crippen molar-refractivity contribution >= 4 is 28.9 Å². The average Bonchev–Trinajstić information content (AvgIpc) is 2.15. The van der Waals surface area contributed by atoms with E-state index in [1.54, 1.807) is 0 Å². The summed E-state index contributed by atoms with van der Waals surface area (Å²) in [5.74, 6) is 0. The molecule has 0 aromatic heterocycles. The minimum absolute atomic E-state index is 0.0918. The molecule has 1 aromatic rings. The molecule has 0 heterocycles. The molecule has 1 aromatic carbocycles. The Labute approximate surface area is 93.8 Å². The van der Waals surface area contributed by atoms with Gasteiger partial charge in [0, 0.05) is 12.1 Å². The molecule has 0 spiro atoms. The molecule has 82 valence electrons. The Morgan fingerprint density at radius 2 is 2.07 bits per heavy atom. The van der Waals surface area contributed by atoms with Gasteiger partial charge in [-0.25, -0.2) is 0 Å². The van der Waals surface area contributed by atoms with Gasteiger partial charge in [-0.2, -0.15) is 8.78 Å². The minimum Gasteiger partial charge on any atom is -0.258 e. The van der Waals surface area contributed by atoms with Gasteiger partial charge < -0.3 is 0 Å². The molecule has 0 bridgehead atoms. The number of hydrogen-bond acceptors (Lipinski definition) is 2. The molecule has 0 aliphatic rings. The first-order chi connectivity index (χ1) is 6.82. The van der Waals surface area contributed by atoms with E-state index in [1.807, 2.05) is 0 Å². The summed E-state index contributed by atoms with van der Waals surface area (Å²) in [7, 11) is 0. The smallest absolute Gasteiger partial charge is 0.258 e. The molecule has 1 unspecified atom stereocenters. The van der Waals surface area contributed by atoms with Gasteiger partial charge in [0.05, 0.1) is 4.92 Å². The average molecular weight is 256 g/mol. The van der Waals surface area contributed by atoms with Gasteiger partial charge in [-0.1, -0.05) is 12.1 Å².